The number of carbonyl (C=O) groups is 1. The van der Waals surface area contributed by atoms with Gasteiger partial charge in [-0.25, -0.2) is 4.79 Å². The van der Waals surface area contributed by atoms with E-state index >= 15 is 0 Å². The number of nitrogens with one attached hydrogen (secondary N) is 1. The average Bonchev–Trinajstić information content (AvgIpc) is 2.25. The molecule has 1 amide bonds. The van der Waals surface area contributed by atoms with Crippen molar-refractivity contribution in [3.05, 3.63) is 34.4 Å². The van der Waals surface area contributed by atoms with Gasteiger partial charge in [-0.3, -0.25) is 0 Å². The Labute approximate surface area is 116 Å². The number of aryl methyl sites for hydroxylation is 3. The fourth-order valence-electron chi connectivity index (χ4n) is 2.00. The normalized spacial score (nSPS) is 11.3. The van der Waals surface area contributed by atoms with Crippen molar-refractivity contribution in [3.8, 4) is 0 Å². The second kappa shape index (κ2) is 6.09. The Morgan fingerprint density at radius 3 is 2.26 bits per heavy atom. The van der Waals surface area contributed by atoms with Crippen LogP contribution in [0.4, 0.5) is 4.79 Å². The van der Waals surface area contributed by atoms with Crippen LogP contribution in [0.2, 0.25) is 0 Å². The van der Waals surface area contributed by atoms with Crippen LogP contribution in [0.5, 0.6) is 0 Å². The SMILES string of the molecule is CCc1cc(CNC(=O)OC(C)(C)C)c(C)cc1C. The van der Waals surface area contributed by atoms with E-state index in [1.165, 1.54) is 16.7 Å². The fourth-order valence-corrected chi connectivity index (χ4v) is 2.00. The molecule has 106 valence electrons. The van der Waals surface area contributed by atoms with Gasteiger partial charge in [0.2, 0.25) is 0 Å². The summed E-state index contributed by atoms with van der Waals surface area (Å²) < 4.78 is 5.23. The number of amides is 1. The Balaban J connectivity index is 2.70. The highest BCUT2D eigenvalue weighted by molar-refractivity contribution is 5.67. The molecule has 0 atom stereocenters. The summed E-state index contributed by atoms with van der Waals surface area (Å²) in [4.78, 5) is 11.6. The highest BCUT2D eigenvalue weighted by Crippen LogP contribution is 2.17. The molecule has 0 fully saturated rings. The fraction of sp³-hybridized carbons (Fsp3) is 0.562. The molecule has 3 heteroatoms. The number of rotatable bonds is 3. The zero-order valence-corrected chi connectivity index (χ0v) is 12.9. The maximum absolute atomic E-state index is 11.6. The van der Waals surface area contributed by atoms with Crippen LogP contribution < -0.4 is 5.32 Å². The van der Waals surface area contributed by atoms with Gasteiger partial charge in [-0.2, -0.15) is 0 Å². The van der Waals surface area contributed by atoms with Gasteiger partial charge in [-0.15, -0.1) is 0 Å². The second-order valence-electron chi connectivity index (χ2n) is 5.91. The van der Waals surface area contributed by atoms with Crippen molar-refractivity contribution in [2.45, 2.75) is 60.1 Å². The smallest absolute Gasteiger partial charge is 0.407 e. The van der Waals surface area contributed by atoms with Crippen LogP contribution in [0.3, 0.4) is 0 Å². The second-order valence-corrected chi connectivity index (χ2v) is 5.91. The highest BCUT2D eigenvalue weighted by Gasteiger charge is 2.16. The molecule has 0 aliphatic carbocycles. The van der Waals surface area contributed by atoms with E-state index in [1.54, 1.807) is 0 Å². The zero-order valence-electron chi connectivity index (χ0n) is 12.9. The minimum atomic E-state index is -0.457. The van der Waals surface area contributed by atoms with Crippen LogP contribution in [0.15, 0.2) is 12.1 Å². The third kappa shape index (κ3) is 4.93. The lowest BCUT2D eigenvalue weighted by Crippen LogP contribution is -2.32. The summed E-state index contributed by atoms with van der Waals surface area (Å²) in [5.41, 5.74) is 4.52. The van der Waals surface area contributed by atoms with Crippen molar-refractivity contribution in [2.75, 3.05) is 0 Å². The molecule has 0 saturated heterocycles. The molecular weight excluding hydrogens is 238 g/mol. The average molecular weight is 263 g/mol. The molecule has 0 spiro atoms. The van der Waals surface area contributed by atoms with Crippen molar-refractivity contribution in [2.24, 2.45) is 0 Å². The van der Waals surface area contributed by atoms with Crippen LogP contribution in [-0.4, -0.2) is 11.7 Å². The third-order valence-electron chi connectivity index (χ3n) is 3.00. The lowest BCUT2D eigenvalue weighted by Gasteiger charge is -2.20. The van der Waals surface area contributed by atoms with E-state index in [0.29, 0.717) is 6.54 Å². The molecule has 1 N–H and O–H groups in total. The quantitative estimate of drug-likeness (QED) is 0.898. The van der Waals surface area contributed by atoms with Gasteiger partial charge in [0.1, 0.15) is 5.60 Å². The topological polar surface area (TPSA) is 38.3 Å². The number of carbonyl (C=O) groups excluding carboxylic acids is 1. The predicted octanol–water partition coefficient (Wildman–Crippen LogP) is 3.89. The van der Waals surface area contributed by atoms with Crippen molar-refractivity contribution >= 4 is 6.09 Å². The molecular formula is C16H25NO2. The molecule has 19 heavy (non-hydrogen) atoms. The van der Waals surface area contributed by atoms with Gasteiger partial charge in [0.25, 0.3) is 0 Å². The van der Waals surface area contributed by atoms with E-state index in [9.17, 15) is 4.79 Å². The van der Waals surface area contributed by atoms with Crippen LogP contribution in [0, 0.1) is 13.8 Å². The Morgan fingerprint density at radius 2 is 1.74 bits per heavy atom. The number of benzene rings is 1. The summed E-state index contributed by atoms with van der Waals surface area (Å²) >= 11 is 0. The number of alkyl carbamates (subject to hydrolysis) is 1. The van der Waals surface area contributed by atoms with Gasteiger partial charge in [0.15, 0.2) is 0 Å². The minimum Gasteiger partial charge on any atom is -0.444 e. The minimum absolute atomic E-state index is 0.370. The summed E-state index contributed by atoms with van der Waals surface area (Å²) in [6.45, 7) is 12.4. The Bertz CT molecular complexity index is 459. The lowest BCUT2D eigenvalue weighted by molar-refractivity contribution is 0.0523. The monoisotopic (exact) mass is 263 g/mol. The number of hydrogen-bond acceptors (Lipinski definition) is 2. The summed E-state index contributed by atoms with van der Waals surface area (Å²) in [6.07, 6.45) is 0.636. The number of ether oxygens (including phenoxy) is 1. The Morgan fingerprint density at radius 1 is 1.16 bits per heavy atom. The van der Waals surface area contributed by atoms with Gasteiger partial charge in [-0.05, 0) is 63.3 Å². The molecule has 1 aromatic carbocycles. The maximum Gasteiger partial charge on any atom is 0.407 e. The summed E-state index contributed by atoms with van der Waals surface area (Å²) in [5.74, 6) is 0. The van der Waals surface area contributed by atoms with Crippen LogP contribution in [-0.2, 0) is 17.7 Å². The van der Waals surface area contributed by atoms with Crippen LogP contribution >= 0.6 is 0 Å². The van der Waals surface area contributed by atoms with Crippen LogP contribution in [0.1, 0.15) is 49.9 Å². The molecule has 3 nitrogen and oxygen atoms in total. The maximum atomic E-state index is 11.6. The van der Waals surface area contributed by atoms with Crippen molar-refractivity contribution in [1.29, 1.82) is 0 Å². The van der Waals surface area contributed by atoms with Gasteiger partial charge >= 0.3 is 6.09 Å². The van der Waals surface area contributed by atoms with Gasteiger partial charge in [0, 0.05) is 6.54 Å². The molecule has 1 aromatic rings. The molecule has 0 saturated carbocycles. The third-order valence-corrected chi connectivity index (χ3v) is 3.00. The van der Waals surface area contributed by atoms with Gasteiger partial charge in [0.05, 0.1) is 0 Å². The van der Waals surface area contributed by atoms with E-state index in [2.05, 4.69) is 38.2 Å². The van der Waals surface area contributed by atoms with Crippen molar-refractivity contribution < 1.29 is 9.53 Å². The van der Waals surface area contributed by atoms with Crippen molar-refractivity contribution in [1.82, 2.24) is 5.32 Å². The van der Waals surface area contributed by atoms with E-state index in [0.717, 1.165) is 12.0 Å². The van der Waals surface area contributed by atoms with E-state index in [1.807, 2.05) is 20.8 Å². The lowest BCUT2D eigenvalue weighted by atomic mass is 9.98. The van der Waals surface area contributed by atoms with E-state index in [-0.39, 0.29) is 6.09 Å². The van der Waals surface area contributed by atoms with E-state index in [4.69, 9.17) is 4.74 Å². The largest absolute Gasteiger partial charge is 0.444 e. The molecule has 0 radical (unpaired) electrons. The first-order chi connectivity index (χ1) is 8.73. The molecule has 0 heterocycles. The molecule has 1 rings (SSSR count). The summed E-state index contributed by atoms with van der Waals surface area (Å²) in [7, 11) is 0. The Hall–Kier alpha value is -1.51. The predicted molar refractivity (Wildman–Crippen MR) is 78.4 cm³/mol. The first kappa shape index (κ1) is 15.5. The van der Waals surface area contributed by atoms with E-state index < -0.39 is 5.60 Å². The van der Waals surface area contributed by atoms with Crippen molar-refractivity contribution in [3.63, 3.8) is 0 Å². The Kier molecular flexibility index (Phi) is 4.98. The zero-order chi connectivity index (χ0) is 14.6. The molecule has 0 unspecified atom stereocenters. The summed E-state index contributed by atoms with van der Waals surface area (Å²) in [5, 5.41) is 2.81. The highest BCUT2D eigenvalue weighted by atomic mass is 16.6. The standard InChI is InChI=1S/C16H25NO2/c1-7-13-9-14(12(3)8-11(13)2)10-17-15(18)19-16(4,5)6/h8-9H,7,10H2,1-6H3,(H,17,18). The molecule has 0 aliphatic rings. The number of hydrogen-bond donors (Lipinski definition) is 1. The first-order valence-corrected chi connectivity index (χ1v) is 6.78. The summed E-state index contributed by atoms with van der Waals surface area (Å²) in [6, 6.07) is 4.34. The van der Waals surface area contributed by atoms with Crippen LogP contribution in [0.25, 0.3) is 0 Å². The molecule has 0 bridgehead atoms. The van der Waals surface area contributed by atoms with Gasteiger partial charge < -0.3 is 10.1 Å². The molecule has 0 aromatic heterocycles. The first-order valence-electron chi connectivity index (χ1n) is 6.78. The van der Waals surface area contributed by atoms with Gasteiger partial charge in [-0.1, -0.05) is 19.1 Å². The molecule has 0 aliphatic heterocycles.